The highest BCUT2D eigenvalue weighted by atomic mass is 16.6. The molecule has 3 unspecified atom stereocenters. The Morgan fingerprint density at radius 1 is 1.44 bits per heavy atom. The van der Waals surface area contributed by atoms with E-state index in [9.17, 15) is 9.59 Å². The van der Waals surface area contributed by atoms with E-state index in [0.717, 1.165) is 0 Å². The fourth-order valence-electron chi connectivity index (χ4n) is 1.67. The Balaban J connectivity index is 2.57. The molecule has 8 nitrogen and oxygen atoms in total. The fraction of sp³-hybridized carbons (Fsp3) is 0.800. The highest BCUT2D eigenvalue weighted by Crippen LogP contribution is 2.20. The van der Waals surface area contributed by atoms with Gasteiger partial charge in [0.05, 0.1) is 18.8 Å². The highest BCUT2D eigenvalue weighted by molar-refractivity contribution is 5.66. The third kappa shape index (κ3) is 4.60. The van der Waals surface area contributed by atoms with Gasteiger partial charge in [-0.1, -0.05) is 5.11 Å². The molecule has 100 valence electrons. The minimum Gasteiger partial charge on any atom is -0.463 e. The maximum atomic E-state index is 11.0. The summed E-state index contributed by atoms with van der Waals surface area (Å²) in [7, 11) is 0. The minimum absolute atomic E-state index is 0.0933. The van der Waals surface area contributed by atoms with Gasteiger partial charge in [-0.25, -0.2) is 0 Å². The van der Waals surface area contributed by atoms with Crippen molar-refractivity contribution in [3.63, 3.8) is 0 Å². The number of hydrogen-bond donors (Lipinski definition) is 0. The van der Waals surface area contributed by atoms with Crippen LogP contribution in [0.1, 0.15) is 20.3 Å². The first-order valence-electron chi connectivity index (χ1n) is 5.49. The van der Waals surface area contributed by atoms with Gasteiger partial charge in [0.25, 0.3) is 0 Å². The zero-order valence-electron chi connectivity index (χ0n) is 10.2. The molecule has 0 amide bonds. The van der Waals surface area contributed by atoms with Crippen LogP contribution in [0.5, 0.6) is 0 Å². The lowest BCUT2D eigenvalue weighted by atomic mass is 10.0. The van der Waals surface area contributed by atoms with Gasteiger partial charge in [0.15, 0.2) is 0 Å². The van der Waals surface area contributed by atoms with Crippen molar-refractivity contribution in [3.05, 3.63) is 10.4 Å². The smallest absolute Gasteiger partial charge is 0.302 e. The lowest BCUT2D eigenvalue weighted by molar-refractivity contribution is -0.162. The first-order chi connectivity index (χ1) is 8.52. The van der Waals surface area contributed by atoms with Gasteiger partial charge < -0.3 is 14.2 Å². The number of rotatable bonds is 4. The number of ether oxygens (including phenoxy) is 3. The molecule has 0 radical (unpaired) electrons. The van der Waals surface area contributed by atoms with Crippen molar-refractivity contribution in [1.82, 2.24) is 0 Å². The Labute approximate surface area is 104 Å². The number of hydrogen-bond acceptors (Lipinski definition) is 6. The number of azide groups is 1. The summed E-state index contributed by atoms with van der Waals surface area (Å²) in [5.41, 5.74) is 8.41. The highest BCUT2D eigenvalue weighted by Gasteiger charge is 2.33. The molecule has 0 aromatic rings. The average molecular weight is 257 g/mol. The molecule has 0 N–H and O–H groups in total. The molecule has 8 heteroatoms. The minimum atomic E-state index is -0.549. The lowest BCUT2D eigenvalue weighted by Gasteiger charge is -2.32. The second-order valence-corrected chi connectivity index (χ2v) is 3.91. The van der Waals surface area contributed by atoms with Gasteiger partial charge in [-0.05, 0) is 5.53 Å². The fourth-order valence-corrected chi connectivity index (χ4v) is 1.67. The van der Waals surface area contributed by atoms with E-state index in [4.69, 9.17) is 19.7 Å². The molecular formula is C10H15N3O5. The third-order valence-corrected chi connectivity index (χ3v) is 2.42. The van der Waals surface area contributed by atoms with E-state index in [2.05, 4.69) is 10.0 Å². The molecule has 1 rings (SSSR count). The number of carbonyl (C=O) groups is 2. The van der Waals surface area contributed by atoms with Crippen molar-refractivity contribution in [1.29, 1.82) is 0 Å². The Kier molecular flexibility index (Phi) is 5.41. The van der Waals surface area contributed by atoms with Gasteiger partial charge in [-0.3, -0.25) is 9.59 Å². The Bertz CT molecular complexity index is 367. The molecular weight excluding hydrogens is 242 g/mol. The molecule has 3 atom stereocenters. The molecule has 1 saturated heterocycles. The molecule has 18 heavy (non-hydrogen) atoms. The molecule has 0 aliphatic carbocycles. The molecule has 0 spiro atoms. The zero-order chi connectivity index (χ0) is 13.5. The van der Waals surface area contributed by atoms with Crippen molar-refractivity contribution in [2.24, 2.45) is 5.11 Å². The summed E-state index contributed by atoms with van der Waals surface area (Å²) in [4.78, 5) is 24.3. The topological polar surface area (TPSA) is 111 Å². The summed E-state index contributed by atoms with van der Waals surface area (Å²) in [6, 6.07) is -0.549. The molecule has 0 aromatic heterocycles. The molecule has 0 aromatic carbocycles. The average Bonchev–Trinajstić information content (AvgIpc) is 2.29. The van der Waals surface area contributed by atoms with Crippen LogP contribution in [-0.2, 0) is 23.8 Å². The van der Waals surface area contributed by atoms with Crippen LogP contribution >= 0.6 is 0 Å². The lowest BCUT2D eigenvalue weighted by Crippen LogP contribution is -2.44. The van der Waals surface area contributed by atoms with Crippen molar-refractivity contribution in [3.8, 4) is 0 Å². The van der Waals surface area contributed by atoms with Crippen molar-refractivity contribution >= 4 is 11.9 Å². The number of nitrogens with zero attached hydrogens (tertiary/aromatic N) is 3. The molecule has 0 saturated carbocycles. The van der Waals surface area contributed by atoms with Gasteiger partial charge in [0, 0.05) is 25.2 Å². The van der Waals surface area contributed by atoms with Crippen molar-refractivity contribution in [2.45, 2.75) is 38.5 Å². The van der Waals surface area contributed by atoms with Crippen LogP contribution in [0.4, 0.5) is 0 Å². The third-order valence-electron chi connectivity index (χ3n) is 2.42. The van der Waals surface area contributed by atoms with Crippen LogP contribution in [0.3, 0.4) is 0 Å². The van der Waals surface area contributed by atoms with E-state index in [1.165, 1.54) is 13.8 Å². The van der Waals surface area contributed by atoms with Crippen LogP contribution in [-0.4, -0.2) is 43.4 Å². The summed E-state index contributed by atoms with van der Waals surface area (Å²) in [6.45, 7) is 2.81. The van der Waals surface area contributed by atoms with Gasteiger partial charge in [-0.15, -0.1) is 0 Å². The largest absolute Gasteiger partial charge is 0.463 e. The molecule has 1 aliphatic rings. The molecule has 1 heterocycles. The summed E-state index contributed by atoms with van der Waals surface area (Å²) in [5.74, 6) is -0.855. The van der Waals surface area contributed by atoms with E-state index in [0.29, 0.717) is 6.42 Å². The number of esters is 2. The van der Waals surface area contributed by atoms with Crippen LogP contribution in [0, 0.1) is 0 Å². The molecule has 0 bridgehead atoms. The second-order valence-electron chi connectivity index (χ2n) is 3.91. The van der Waals surface area contributed by atoms with E-state index in [-0.39, 0.29) is 19.3 Å². The van der Waals surface area contributed by atoms with Gasteiger partial charge in [-0.2, -0.15) is 0 Å². The maximum Gasteiger partial charge on any atom is 0.302 e. The first kappa shape index (κ1) is 14.3. The first-order valence-corrected chi connectivity index (χ1v) is 5.49. The van der Waals surface area contributed by atoms with E-state index >= 15 is 0 Å². The van der Waals surface area contributed by atoms with Crippen LogP contribution in [0.25, 0.3) is 10.4 Å². The normalized spacial score (nSPS) is 26.9. The summed E-state index contributed by atoms with van der Waals surface area (Å²) >= 11 is 0. The van der Waals surface area contributed by atoms with Crippen molar-refractivity contribution < 1.29 is 23.8 Å². The Hall–Kier alpha value is -1.79. The zero-order valence-corrected chi connectivity index (χ0v) is 10.2. The van der Waals surface area contributed by atoms with E-state index in [1.54, 1.807) is 0 Å². The Morgan fingerprint density at radius 2 is 2.17 bits per heavy atom. The van der Waals surface area contributed by atoms with Crippen molar-refractivity contribution in [2.75, 3.05) is 13.2 Å². The second kappa shape index (κ2) is 6.83. The predicted molar refractivity (Wildman–Crippen MR) is 59.5 cm³/mol. The summed E-state index contributed by atoms with van der Waals surface area (Å²) < 4.78 is 15.3. The Morgan fingerprint density at radius 3 is 2.72 bits per heavy atom. The monoisotopic (exact) mass is 257 g/mol. The maximum absolute atomic E-state index is 11.0. The van der Waals surface area contributed by atoms with Crippen LogP contribution in [0.2, 0.25) is 0 Å². The quantitative estimate of drug-likeness (QED) is 0.322. The van der Waals surface area contributed by atoms with Crippen LogP contribution in [0.15, 0.2) is 5.11 Å². The van der Waals surface area contributed by atoms with Gasteiger partial charge in [0.2, 0.25) is 0 Å². The van der Waals surface area contributed by atoms with E-state index in [1.807, 2.05) is 0 Å². The standard InChI is InChI=1S/C10H15N3O5/c1-6(14)16-4-8-3-10(18-7(2)15)9(5-17-8)12-13-11/h8-10H,3-5H2,1-2H3. The SMILES string of the molecule is CC(=O)OCC1CC(OC(C)=O)C(N=[N+]=[N-])CO1. The number of carbonyl (C=O) groups excluding carboxylic acids is 2. The van der Waals surface area contributed by atoms with E-state index < -0.39 is 24.1 Å². The van der Waals surface area contributed by atoms with Gasteiger partial charge >= 0.3 is 11.9 Å². The molecule has 1 aliphatic heterocycles. The predicted octanol–water partition coefficient (Wildman–Crippen LogP) is 0.949. The summed E-state index contributed by atoms with van der Waals surface area (Å²) in [6.07, 6.45) is -0.576. The summed E-state index contributed by atoms with van der Waals surface area (Å²) in [5, 5.41) is 3.52. The van der Waals surface area contributed by atoms with Crippen LogP contribution < -0.4 is 0 Å². The van der Waals surface area contributed by atoms with Gasteiger partial charge in [0.1, 0.15) is 12.7 Å². The molecule has 1 fully saturated rings.